The Bertz CT molecular complexity index is 139. The van der Waals surface area contributed by atoms with Gasteiger partial charge in [0.1, 0.15) is 0 Å². The normalized spacial score (nSPS) is 19.6. The van der Waals surface area contributed by atoms with Gasteiger partial charge in [0.15, 0.2) is 0 Å². The van der Waals surface area contributed by atoms with Crippen molar-refractivity contribution in [2.24, 2.45) is 5.41 Å². The van der Waals surface area contributed by atoms with Crippen LogP contribution in [0.3, 0.4) is 0 Å². The van der Waals surface area contributed by atoms with E-state index in [4.69, 9.17) is 0 Å². The molecule has 0 aromatic heterocycles. The van der Waals surface area contributed by atoms with Crippen LogP contribution in [-0.2, 0) is 0 Å². The second-order valence-electron chi connectivity index (χ2n) is 4.97. The fourth-order valence-corrected chi connectivity index (χ4v) is 2.02. The zero-order chi connectivity index (χ0) is 9.73. The van der Waals surface area contributed by atoms with Gasteiger partial charge in [-0.05, 0) is 56.5 Å². The Morgan fingerprint density at radius 2 is 1.85 bits per heavy atom. The molecule has 13 heavy (non-hydrogen) atoms. The van der Waals surface area contributed by atoms with E-state index in [2.05, 4.69) is 31.4 Å². The third-order valence-electron chi connectivity index (χ3n) is 2.95. The predicted octanol–water partition coefficient (Wildman–Crippen LogP) is 2.82. The minimum absolute atomic E-state index is 0.433. The van der Waals surface area contributed by atoms with Crippen LogP contribution in [0.5, 0.6) is 0 Å². The van der Waals surface area contributed by atoms with Crippen LogP contribution in [-0.4, -0.2) is 30.3 Å². The van der Waals surface area contributed by atoms with Crippen molar-refractivity contribution in [3.05, 3.63) is 0 Å². The molecule has 1 aliphatic heterocycles. The highest BCUT2D eigenvalue weighted by atomic mass is 32.1. The highest BCUT2D eigenvalue weighted by molar-refractivity contribution is 7.80. The topological polar surface area (TPSA) is 3.24 Å². The largest absolute Gasteiger partial charge is 0.303 e. The van der Waals surface area contributed by atoms with Crippen molar-refractivity contribution < 1.29 is 0 Å². The van der Waals surface area contributed by atoms with E-state index < -0.39 is 0 Å². The molecule has 1 nitrogen and oxygen atoms in total. The van der Waals surface area contributed by atoms with Gasteiger partial charge in [-0.25, -0.2) is 0 Å². The van der Waals surface area contributed by atoms with Crippen LogP contribution in [0, 0.1) is 5.41 Å². The third-order valence-corrected chi connectivity index (χ3v) is 3.81. The van der Waals surface area contributed by atoms with E-state index in [0.29, 0.717) is 5.41 Å². The summed E-state index contributed by atoms with van der Waals surface area (Å²) in [6, 6.07) is 0. The van der Waals surface area contributed by atoms with Crippen LogP contribution in [0.25, 0.3) is 0 Å². The van der Waals surface area contributed by atoms with E-state index in [0.717, 1.165) is 5.75 Å². The maximum atomic E-state index is 4.37. The van der Waals surface area contributed by atoms with Crippen molar-refractivity contribution in [3.63, 3.8) is 0 Å². The van der Waals surface area contributed by atoms with Crippen LogP contribution in [0.2, 0.25) is 0 Å². The van der Waals surface area contributed by atoms with Crippen molar-refractivity contribution in [1.29, 1.82) is 0 Å². The smallest absolute Gasteiger partial charge is 0.00183 e. The number of hydrogen-bond acceptors (Lipinski definition) is 2. The summed E-state index contributed by atoms with van der Waals surface area (Å²) in [5, 5.41) is 0. The highest BCUT2D eigenvalue weighted by Crippen LogP contribution is 2.24. The fourth-order valence-electron chi connectivity index (χ4n) is 1.87. The second kappa shape index (κ2) is 5.26. The zero-order valence-electron chi connectivity index (χ0n) is 9.05. The van der Waals surface area contributed by atoms with E-state index in [1.807, 2.05) is 0 Å². The predicted molar refractivity (Wildman–Crippen MR) is 62.5 cm³/mol. The summed E-state index contributed by atoms with van der Waals surface area (Å²) in [6.45, 7) is 8.59. The molecular formula is C11H23NS. The molecule has 2 heteroatoms. The lowest BCUT2D eigenvalue weighted by Crippen LogP contribution is -2.22. The second-order valence-corrected chi connectivity index (χ2v) is 5.29. The molecule has 0 N–H and O–H groups in total. The Labute approximate surface area is 88.3 Å². The molecule has 0 unspecified atom stereocenters. The fraction of sp³-hybridized carbons (Fsp3) is 1.00. The molecule has 1 saturated heterocycles. The summed E-state index contributed by atoms with van der Waals surface area (Å²) in [7, 11) is 0. The number of hydrogen-bond donors (Lipinski definition) is 1. The van der Waals surface area contributed by atoms with Crippen molar-refractivity contribution >= 4 is 12.6 Å². The number of nitrogens with zero attached hydrogens (tertiary/aromatic N) is 1. The molecule has 0 aliphatic carbocycles. The molecular weight excluding hydrogens is 178 g/mol. The SMILES string of the molecule is CC(C)(CS)CCCN1CCCC1. The van der Waals surface area contributed by atoms with Crippen molar-refractivity contribution in [2.45, 2.75) is 39.5 Å². The van der Waals surface area contributed by atoms with Crippen LogP contribution in [0.1, 0.15) is 39.5 Å². The molecule has 1 rings (SSSR count). The van der Waals surface area contributed by atoms with Crippen LogP contribution < -0.4 is 0 Å². The van der Waals surface area contributed by atoms with Crippen molar-refractivity contribution in [3.8, 4) is 0 Å². The van der Waals surface area contributed by atoms with Gasteiger partial charge in [-0.3, -0.25) is 0 Å². The lowest BCUT2D eigenvalue weighted by Gasteiger charge is -2.23. The average molecular weight is 201 g/mol. The van der Waals surface area contributed by atoms with E-state index in [-0.39, 0.29) is 0 Å². The molecule has 0 bridgehead atoms. The maximum absolute atomic E-state index is 4.37. The summed E-state index contributed by atoms with van der Waals surface area (Å²) in [4.78, 5) is 2.59. The quantitative estimate of drug-likeness (QED) is 0.669. The molecule has 1 aliphatic rings. The van der Waals surface area contributed by atoms with Gasteiger partial charge in [-0.15, -0.1) is 0 Å². The standard InChI is InChI=1S/C11H23NS/c1-11(2,10-13)6-5-9-12-7-3-4-8-12/h13H,3-10H2,1-2H3. The molecule has 0 spiro atoms. The highest BCUT2D eigenvalue weighted by Gasteiger charge is 2.16. The minimum atomic E-state index is 0.433. The molecule has 1 heterocycles. The molecule has 78 valence electrons. The number of likely N-dealkylation sites (tertiary alicyclic amines) is 1. The first-order valence-corrected chi connectivity index (χ1v) is 6.10. The van der Waals surface area contributed by atoms with E-state index in [1.54, 1.807) is 0 Å². The van der Waals surface area contributed by atoms with Gasteiger partial charge in [0, 0.05) is 0 Å². The minimum Gasteiger partial charge on any atom is -0.303 e. The Morgan fingerprint density at radius 1 is 1.23 bits per heavy atom. The van der Waals surface area contributed by atoms with Crippen LogP contribution >= 0.6 is 12.6 Å². The first kappa shape index (κ1) is 11.4. The first-order valence-electron chi connectivity index (χ1n) is 5.47. The van der Waals surface area contributed by atoms with Gasteiger partial charge in [-0.1, -0.05) is 13.8 Å². The summed E-state index contributed by atoms with van der Waals surface area (Å²) in [6.07, 6.45) is 5.48. The Balaban J connectivity index is 2.06. The van der Waals surface area contributed by atoms with Gasteiger partial charge < -0.3 is 4.90 Å². The Kier molecular flexibility index (Phi) is 4.60. The van der Waals surface area contributed by atoms with Crippen LogP contribution in [0.4, 0.5) is 0 Å². The molecule has 0 aromatic rings. The van der Waals surface area contributed by atoms with Gasteiger partial charge in [0.2, 0.25) is 0 Å². The maximum Gasteiger partial charge on any atom is -0.00183 e. The molecule has 0 atom stereocenters. The lowest BCUT2D eigenvalue weighted by atomic mass is 9.90. The lowest BCUT2D eigenvalue weighted by molar-refractivity contribution is 0.292. The van der Waals surface area contributed by atoms with Gasteiger partial charge >= 0.3 is 0 Å². The first-order chi connectivity index (χ1) is 6.14. The van der Waals surface area contributed by atoms with Crippen molar-refractivity contribution in [2.75, 3.05) is 25.4 Å². The Hall–Kier alpha value is 0.310. The summed E-state index contributed by atoms with van der Waals surface area (Å²) >= 11 is 4.37. The Morgan fingerprint density at radius 3 is 2.38 bits per heavy atom. The van der Waals surface area contributed by atoms with Gasteiger partial charge in [0.25, 0.3) is 0 Å². The molecule has 0 amide bonds. The average Bonchev–Trinajstić information content (AvgIpc) is 2.57. The third kappa shape index (κ3) is 4.37. The molecule has 0 aromatic carbocycles. The number of thiol groups is 1. The molecule has 0 radical (unpaired) electrons. The summed E-state index contributed by atoms with van der Waals surface area (Å²) in [5.74, 6) is 1.01. The summed E-state index contributed by atoms with van der Waals surface area (Å²) in [5.41, 5.74) is 0.433. The van der Waals surface area contributed by atoms with Gasteiger partial charge in [0.05, 0.1) is 0 Å². The molecule has 1 fully saturated rings. The van der Waals surface area contributed by atoms with Crippen molar-refractivity contribution in [1.82, 2.24) is 4.90 Å². The monoisotopic (exact) mass is 201 g/mol. The zero-order valence-corrected chi connectivity index (χ0v) is 9.95. The van der Waals surface area contributed by atoms with Crippen LogP contribution in [0.15, 0.2) is 0 Å². The molecule has 0 saturated carbocycles. The summed E-state index contributed by atoms with van der Waals surface area (Å²) < 4.78 is 0. The van der Waals surface area contributed by atoms with E-state index >= 15 is 0 Å². The van der Waals surface area contributed by atoms with E-state index in [1.165, 1.54) is 45.3 Å². The number of rotatable bonds is 5. The van der Waals surface area contributed by atoms with E-state index in [9.17, 15) is 0 Å². The van der Waals surface area contributed by atoms with Gasteiger partial charge in [-0.2, -0.15) is 12.6 Å².